The maximum Gasteiger partial charge on any atom is 0.140 e. The van der Waals surface area contributed by atoms with Crippen molar-refractivity contribution in [3.8, 4) is 5.75 Å². The number of rotatable bonds is 3. The number of halogens is 1. The van der Waals surface area contributed by atoms with E-state index in [0.717, 1.165) is 24.2 Å². The van der Waals surface area contributed by atoms with E-state index in [9.17, 15) is 0 Å². The Balaban J connectivity index is 2.13. The molecular formula is C15H18ClN3O2. The van der Waals surface area contributed by atoms with Gasteiger partial charge >= 0.3 is 0 Å². The van der Waals surface area contributed by atoms with Crippen molar-refractivity contribution in [2.45, 2.75) is 18.9 Å². The molecule has 0 aliphatic carbocycles. The second kappa shape index (κ2) is 5.31. The normalized spacial score (nSPS) is 21.7. The molecule has 6 heteroatoms. The van der Waals surface area contributed by atoms with E-state index < -0.39 is 0 Å². The Labute approximate surface area is 128 Å². The number of benzene rings is 1. The zero-order chi connectivity index (χ0) is 15.0. The second-order valence-electron chi connectivity index (χ2n) is 5.53. The molecule has 0 spiro atoms. The van der Waals surface area contributed by atoms with Gasteiger partial charge in [-0.1, -0.05) is 11.6 Å². The summed E-state index contributed by atoms with van der Waals surface area (Å²) in [6.07, 6.45) is 2.51. The Bertz CT molecular complexity index is 671. The van der Waals surface area contributed by atoms with Crippen LogP contribution >= 0.6 is 11.6 Å². The summed E-state index contributed by atoms with van der Waals surface area (Å²) in [6.45, 7) is 3.65. The van der Waals surface area contributed by atoms with Crippen LogP contribution in [0.5, 0.6) is 5.75 Å². The molecule has 1 fully saturated rings. The fourth-order valence-electron chi connectivity index (χ4n) is 2.66. The van der Waals surface area contributed by atoms with E-state index in [-0.39, 0.29) is 5.54 Å². The molecule has 0 amide bonds. The van der Waals surface area contributed by atoms with Gasteiger partial charge in [0.1, 0.15) is 22.9 Å². The molecule has 1 aliphatic rings. The number of aromatic nitrogens is 2. The average molecular weight is 308 g/mol. The molecule has 0 N–H and O–H groups in total. The van der Waals surface area contributed by atoms with Gasteiger partial charge in [-0.05, 0) is 25.5 Å². The minimum Gasteiger partial charge on any atom is -0.495 e. The Morgan fingerprint density at radius 1 is 1.38 bits per heavy atom. The topological polar surface area (TPSA) is 47.5 Å². The maximum atomic E-state index is 6.35. The van der Waals surface area contributed by atoms with Crippen LogP contribution < -0.4 is 9.64 Å². The number of methoxy groups -OCH3 is 1. The predicted molar refractivity (Wildman–Crippen MR) is 83.3 cm³/mol. The molecule has 112 valence electrons. The first-order valence-electron chi connectivity index (χ1n) is 6.85. The smallest absolute Gasteiger partial charge is 0.140 e. The third kappa shape index (κ3) is 2.30. The summed E-state index contributed by atoms with van der Waals surface area (Å²) in [6, 6.07) is 3.80. The van der Waals surface area contributed by atoms with E-state index in [0.29, 0.717) is 22.9 Å². The molecule has 1 saturated heterocycles. The first-order valence-corrected chi connectivity index (χ1v) is 7.23. The van der Waals surface area contributed by atoms with Gasteiger partial charge in [0.2, 0.25) is 0 Å². The first kappa shape index (κ1) is 14.4. The van der Waals surface area contributed by atoms with E-state index in [4.69, 9.17) is 21.1 Å². The molecule has 1 aliphatic heterocycles. The molecule has 2 aromatic rings. The predicted octanol–water partition coefficient (Wildman–Crippen LogP) is 2.91. The van der Waals surface area contributed by atoms with Crippen LogP contribution in [0.2, 0.25) is 5.02 Å². The Morgan fingerprint density at radius 2 is 2.19 bits per heavy atom. The summed E-state index contributed by atoms with van der Waals surface area (Å²) in [5.41, 5.74) is 0.642. The van der Waals surface area contributed by atoms with Gasteiger partial charge in [0.15, 0.2) is 0 Å². The van der Waals surface area contributed by atoms with E-state index in [1.807, 2.05) is 19.2 Å². The zero-order valence-corrected chi connectivity index (χ0v) is 13.1. The highest BCUT2D eigenvalue weighted by atomic mass is 35.5. The van der Waals surface area contributed by atoms with Gasteiger partial charge in [-0.3, -0.25) is 0 Å². The molecule has 1 aromatic heterocycles. The van der Waals surface area contributed by atoms with Crippen LogP contribution in [0.1, 0.15) is 13.3 Å². The van der Waals surface area contributed by atoms with Crippen LogP contribution in [0.25, 0.3) is 10.9 Å². The van der Waals surface area contributed by atoms with Crippen LogP contribution in [0.4, 0.5) is 5.82 Å². The number of fused-ring (bicyclic) bond motifs is 1. The van der Waals surface area contributed by atoms with Crippen molar-refractivity contribution >= 4 is 28.3 Å². The first-order chi connectivity index (χ1) is 10.1. The minimum absolute atomic E-state index is 0.0618. The van der Waals surface area contributed by atoms with E-state index in [2.05, 4.69) is 21.8 Å². The molecule has 3 rings (SSSR count). The molecule has 0 bridgehead atoms. The van der Waals surface area contributed by atoms with Gasteiger partial charge in [-0.25, -0.2) is 9.97 Å². The lowest BCUT2D eigenvalue weighted by atomic mass is 9.99. The van der Waals surface area contributed by atoms with Crippen molar-refractivity contribution in [1.82, 2.24) is 9.97 Å². The van der Waals surface area contributed by atoms with Crippen molar-refractivity contribution < 1.29 is 9.47 Å². The van der Waals surface area contributed by atoms with E-state index in [1.54, 1.807) is 13.4 Å². The second-order valence-corrected chi connectivity index (χ2v) is 5.91. The quantitative estimate of drug-likeness (QED) is 0.872. The fraction of sp³-hybridized carbons (Fsp3) is 0.467. The van der Waals surface area contributed by atoms with Gasteiger partial charge in [-0.15, -0.1) is 0 Å². The Kier molecular flexibility index (Phi) is 3.63. The van der Waals surface area contributed by atoms with Gasteiger partial charge in [0.05, 0.1) is 24.8 Å². The third-order valence-corrected chi connectivity index (χ3v) is 4.60. The molecule has 1 unspecified atom stereocenters. The van der Waals surface area contributed by atoms with Gasteiger partial charge in [0.25, 0.3) is 0 Å². The lowest BCUT2D eigenvalue weighted by Gasteiger charge is -2.35. The number of ether oxygens (including phenoxy) is 2. The van der Waals surface area contributed by atoms with Crippen molar-refractivity contribution in [2.75, 3.05) is 32.3 Å². The molecular weight excluding hydrogens is 290 g/mol. The SMILES string of the molecule is COc1ccc2c(N(C)C3(C)CCOC3)ncnc2c1Cl. The summed E-state index contributed by atoms with van der Waals surface area (Å²) in [5.74, 6) is 1.48. The molecule has 2 heterocycles. The number of anilines is 1. The van der Waals surface area contributed by atoms with Crippen molar-refractivity contribution in [1.29, 1.82) is 0 Å². The molecule has 0 radical (unpaired) electrons. The lowest BCUT2D eigenvalue weighted by molar-refractivity contribution is 0.180. The maximum absolute atomic E-state index is 6.35. The lowest BCUT2D eigenvalue weighted by Crippen LogP contribution is -2.45. The number of hydrogen-bond donors (Lipinski definition) is 0. The van der Waals surface area contributed by atoms with E-state index >= 15 is 0 Å². The Hall–Kier alpha value is -1.59. The molecule has 0 saturated carbocycles. The van der Waals surface area contributed by atoms with Crippen LogP contribution in [-0.4, -0.2) is 42.9 Å². The third-order valence-electron chi connectivity index (χ3n) is 4.23. The summed E-state index contributed by atoms with van der Waals surface area (Å²) in [4.78, 5) is 10.9. The molecule has 1 atom stereocenters. The zero-order valence-electron chi connectivity index (χ0n) is 12.4. The number of hydrogen-bond acceptors (Lipinski definition) is 5. The standard InChI is InChI=1S/C15H18ClN3O2/c1-15(6-7-21-8-15)19(2)14-10-4-5-11(20-3)12(16)13(10)17-9-18-14/h4-5,9H,6-8H2,1-3H3. The summed E-state index contributed by atoms with van der Waals surface area (Å²) < 4.78 is 10.8. The highest BCUT2D eigenvalue weighted by Gasteiger charge is 2.35. The van der Waals surface area contributed by atoms with Crippen LogP contribution in [0.15, 0.2) is 18.5 Å². The minimum atomic E-state index is -0.0618. The number of nitrogens with zero attached hydrogens (tertiary/aromatic N) is 3. The highest BCUT2D eigenvalue weighted by Crippen LogP contribution is 2.37. The Morgan fingerprint density at radius 3 is 2.86 bits per heavy atom. The average Bonchev–Trinajstić information content (AvgIpc) is 2.95. The van der Waals surface area contributed by atoms with Crippen molar-refractivity contribution in [2.24, 2.45) is 0 Å². The largest absolute Gasteiger partial charge is 0.495 e. The molecule has 5 nitrogen and oxygen atoms in total. The summed E-state index contributed by atoms with van der Waals surface area (Å²) in [7, 11) is 3.63. The van der Waals surface area contributed by atoms with Crippen LogP contribution in [0.3, 0.4) is 0 Å². The molecule has 21 heavy (non-hydrogen) atoms. The van der Waals surface area contributed by atoms with Gasteiger partial charge in [0, 0.05) is 19.0 Å². The number of likely N-dealkylation sites (N-methyl/N-ethyl adjacent to an activating group) is 1. The van der Waals surface area contributed by atoms with Gasteiger partial charge < -0.3 is 14.4 Å². The summed E-state index contributed by atoms with van der Waals surface area (Å²) in [5, 5.41) is 1.43. The van der Waals surface area contributed by atoms with Crippen molar-refractivity contribution in [3.63, 3.8) is 0 Å². The highest BCUT2D eigenvalue weighted by molar-refractivity contribution is 6.36. The monoisotopic (exact) mass is 307 g/mol. The van der Waals surface area contributed by atoms with Gasteiger partial charge in [-0.2, -0.15) is 0 Å². The summed E-state index contributed by atoms with van der Waals surface area (Å²) >= 11 is 6.35. The van der Waals surface area contributed by atoms with Crippen molar-refractivity contribution in [3.05, 3.63) is 23.5 Å². The van der Waals surface area contributed by atoms with E-state index in [1.165, 1.54) is 0 Å². The van der Waals surface area contributed by atoms with Crippen LogP contribution in [-0.2, 0) is 4.74 Å². The fourth-order valence-corrected chi connectivity index (χ4v) is 2.96. The van der Waals surface area contributed by atoms with Crippen LogP contribution in [0, 0.1) is 0 Å². The molecule has 1 aromatic carbocycles.